The lowest BCUT2D eigenvalue weighted by molar-refractivity contribution is -0.114. The molecule has 8 nitrogen and oxygen atoms in total. The van der Waals surface area contributed by atoms with Crippen LogP contribution in [0.3, 0.4) is 0 Å². The number of nitrogens with one attached hydrogen (secondary N) is 4. The summed E-state index contributed by atoms with van der Waals surface area (Å²) in [5.74, 6) is 0.296. The zero-order chi connectivity index (χ0) is 20.1. The van der Waals surface area contributed by atoms with Crippen molar-refractivity contribution in [2.75, 3.05) is 36.3 Å². The minimum Gasteiger partial charge on any atom is -0.383 e. The number of rotatable bonds is 12. The molecule has 0 radical (unpaired) electrons. The normalized spacial score (nSPS) is 11.1. The van der Waals surface area contributed by atoms with E-state index in [9.17, 15) is 4.79 Å². The van der Waals surface area contributed by atoms with Gasteiger partial charge < -0.3 is 15.4 Å². The van der Waals surface area contributed by atoms with Crippen molar-refractivity contribution in [3.05, 3.63) is 30.6 Å². The Kier molecular flexibility index (Phi) is 10.2. The molecular weight excluding hydrogens is 344 g/mol. The fourth-order valence-electron chi connectivity index (χ4n) is 2.06. The van der Waals surface area contributed by atoms with Gasteiger partial charge in [-0.2, -0.15) is 0 Å². The first kappa shape index (κ1) is 22.2. The molecule has 0 aliphatic rings. The first-order chi connectivity index (χ1) is 12.9. The number of anilines is 3. The lowest BCUT2D eigenvalue weighted by Crippen LogP contribution is -2.21. The molecule has 0 bridgehead atoms. The number of hydrogen-bond donors (Lipinski definition) is 4. The van der Waals surface area contributed by atoms with Crippen molar-refractivity contribution in [2.24, 2.45) is 9.98 Å². The predicted molar refractivity (Wildman–Crippen MR) is 114 cm³/mol. The van der Waals surface area contributed by atoms with Gasteiger partial charge in [0.2, 0.25) is 5.91 Å². The van der Waals surface area contributed by atoms with Gasteiger partial charge in [-0.15, -0.1) is 0 Å². The van der Waals surface area contributed by atoms with E-state index in [1.165, 1.54) is 6.92 Å². The van der Waals surface area contributed by atoms with Crippen LogP contribution in [-0.2, 0) is 9.53 Å². The summed E-state index contributed by atoms with van der Waals surface area (Å²) >= 11 is 0. The molecule has 0 aliphatic carbocycles. The summed E-state index contributed by atoms with van der Waals surface area (Å²) in [7, 11) is 1.66. The van der Waals surface area contributed by atoms with Crippen LogP contribution in [0.25, 0.3) is 0 Å². The third-order valence-corrected chi connectivity index (χ3v) is 3.22. The van der Waals surface area contributed by atoms with E-state index in [1.807, 2.05) is 32.0 Å². The van der Waals surface area contributed by atoms with Gasteiger partial charge in [0.1, 0.15) is 5.82 Å². The number of aliphatic imine (C=N–C) groups is 2. The first-order valence-corrected chi connectivity index (χ1v) is 8.85. The lowest BCUT2D eigenvalue weighted by Gasteiger charge is -2.17. The zero-order valence-corrected chi connectivity index (χ0v) is 16.5. The molecule has 0 fully saturated rings. The molecule has 1 rings (SSSR count). The minimum atomic E-state index is -0.131. The molecule has 4 N–H and O–H groups in total. The molecule has 0 unspecified atom stereocenters. The highest BCUT2D eigenvalue weighted by atomic mass is 16.5. The van der Waals surface area contributed by atoms with Crippen molar-refractivity contribution in [1.82, 2.24) is 5.43 Å². The largest absolute Gasteiger partial charge is 0.383 e. The highest BCUT2D eigenvalue weighted by Gasteiger charge is 2.05. The van der Waals surface area contributed by atoms with Gasteiger partial charge in [-0.3, -0.25) is 20.6 Å². The molecule has 0 atom stereocenters. The Morgan fingerprint density at radius 1 is 1.30 bits per heavy atom. The van der Waals surface area contributed by atoms with Crippen molar-refractivity contribution < 1.29 is 9.53 Å². The minimum absolute atomic E-state index is 0.131. The predicted octanol–water partition coefficient (Wildman–Crippen LogP) is 3.03. The molecule has 27 heavy (non-hydrogen) atoms. The van der Waals surface area contributed by atoms with Crippen LogP contribution in [0.1, 0.15) is 27.2 Å². The molecular formula is C19H30N6O2. The van der Waals surface area contributed by atoms with E-state index in [2.05, 4.69) is 38.0 Å². The van der Waals surface area contributed by atoms with Crippen molar-refractivity contribution in [3.8, 4) is 0 Å². The fourth-order valence-corrected chi connectivity index (χ4v) is 2.06. The maximum atomic E-state index is 11.3. The van der Waals surface area contributed by atoms with Crippen molar-refractivity contribution in [3.63, 3.8) is 0 Å². The van der Waals surface area contributed by atoms with Crippen LogP contribution in [0.15, 0.2) is 40.6 Å². The molecule has 8 heteroatoms. The van der Waals surface area contributed by atoms with Gasteiger partial charge in [-0.05, 0) is 38.5 Å². The molecule has 148 valence electrons. The molecule has 0 aromatic heterocycles. The van der Waals surface area contributed by atoms with Gasteiger partial charge in [0.25, 0.3) is 0 Å². The molecule has 1 aromatic carbocycles. The monoisotopic (exact) mass is 374 g/mol. The Hall–Kier alpha value is -2.87. The zero-order valence-electron chi connectivity index (χ0n) is 16.5. The number of amides is 1. The summed E-state index contributed by atoms with van der Waals surface area (Å²) in [5, 5.41) is 6.13. The maximum Gasteiger partial charge on any atom is 0.221 e. The number of nitrogens with zero attached hydrogens (tertiary/aromatic N) is 2. The number of hydrogen-bond acceptors (Lipinski definition) is 7. The SMILES string of the molecule is C=C(N=CC=NC)NNc1cc(NC(C)=O)ccc1NCCCOC(C)C. The Morgan fingerprint density at radius 2 is 2.07 bits per heavy atom. The summed E-state index contributed by atoms with van der Waals surface area (Å²) < 4.78 is 5.55. The average molecular weight is 374 g/mol. The molecule has 0 spiro atoms. The second-order valence-electron chi connectivity index (χ2n) is 6.02. The highest BCUT2D eigenvalue weighted by molar-refractivity contribution is 6.16. The quantitative estimate of drug-likeness (QED) is 0.256. The second-order valence-corrected chi connectivity index (χ2v) is 6.02. The number of ether oxygens (including phenoxy) is 1. The Bertz CT molecular complexity index is 670. The fraction of sp³-hybridized carbons (Fsp3) is 0.421. The summed E-state index contributed by atoms with van der Waals surface area (Å²) in [4.78, 5) is 19.2. The summed E-state index contributed by atoms with van der Waals surface area (Å²) in [6.45, 7) is 10.8. The third kappa shape index (κ3) is 10.0. The van der Waals surface area contributed by atoms with Gasteiger partial charge in [-0.1, -0.05) is 6.58 Å². The van der Waals surface area contributed by atoms with E-state index in [4.69, 9.17) is 4.74 Å². The van der Waals surface area contributed by atoms with E-state index in [0.29, 0.717) is 18.1 Å². The van der Waals surface area contributed by atoms with Crippen molar-refractivity contribution in [1.29, 1.82) is 0 Å². The molecule has 1 aromatic rings. The molecule has 0 saturated heterocycles. The van der Waals surface area contributed by atoms with E-state index in [0.717, 1.165) is 24.3 Å². The molecule has 0 heterocycles. The van der Waals surface area contributed by atoms with E-state index in [-0.39, 0.29) is 12.0 Å². The molecule has 0 aliphatic heterocycles. The Labute approximate surface area is 161 Å². The van der Waals surface area contributed by atoms with Crippen LogP contribution < -0.4 is 21.5 Å². The average Bonchev–Trinajstić information content (AvgIpc) is 2.60. The first-order valence-electron chi connectivity index (χ1n) is 8.85. The van der Waals surface area contributed by atoms with Crippen LogP contribution in [-0.4, -0.2) is 44.6 Å². The van der Waals surface area contributed by atoms with Crippen LogP contribution in [0, 0.1) is 0 Å². The van der Waals surface area contributed by atoms with Crippen LogP contribution >= 0.6 is 0 Å². The van der Waals surface area contributed by atoms with Crippen molar-refractivity contribution >= 4 is 35.4 Å². The van der Waals surface area contributed by atoms with Gasteiger partial charge in [0.15, 0.2) is 0 Å². The third-order valence-electron chi connectivity index (χ3n) is 3.22. The van der Waals surface area contributed by atoms with Crippen LogP contribution in [0.2, 0.25) is 0 Å². The smallest absolute Gasteiger partial charge is 0.221 e. The Morgan fingerprint density at radius 3 is 2.74 bits per heavy atom. The standard InChI is InChI=1S/C19H30N6O2/c1-14(2)27-12-6-9-22-18-8-7-17(23-16(4)26)13-19(18)25-24-15(3)21-11-10-20-5/h7-8,10-11,13-14,22,24-25H,3,6,9,12H2,1-2,4-5H3,(H,23,26). The second kappa shape index (κ2) is 12.5. The molecule has 0 saturated carbocycles. The van der Waals surface area contributed by atoms with Crippen molar-refractivity contribution in [2.45, 2.75) is 33.3 Å². The summed E-state index contributed by atoms with van der Waals surface area (Å²) in [6, 6.07) is 5.56. The number of hydrazine groups is 1. The van der Waals surface area contributed by atoms with E-state index in [1.54, 1.807) is 19.5 Å². The van der Waals surface area contributed by atoms with Gasteiger partial charge in [-0.25, -0.2) is 4.99 Å². The van der Waals surface area contributed by atoms with Gasteiger partial charge in [0, 0.05) is 45.2 Å². The highest BCUT2D eigenvalue weighted by Crippen LogP contribution is 2.25. The number of benzene rings is 1. The number of carbonyl (C=O) groups is 1. The van der Waals surface area contributed by atoms with Gasteiger partial charge in [0.05, 0.1) is 17.5 Å². The summed E-state index contributed by atoms with van der Waals surface area (Å²) in [5.41, 5.74) is 8.30. The van der Waals surface area contributed by atoms with Crippen LogP contribution in [0.4, 0.5) is 17.1 Å². The lowest BCUT2D eigenvalue weighted by atomic mass is 10.2. The van der Waals surface area contributed by atoms with E-state index < -0.39 is 0 Å². The molecule has 1 amide bonds. The maximum absolute atomic E-state index is 11.3. The topological polar surface area (TPSA) is 99.1 Å². The van der Waals surface area contributed by atoms with Crippen LogP contribution in [0.5, 0.6) is 0 Å². The Balaban J connectivity index is 2.73. The summed E-state index contributed by atoms with van der Waals surface area (Å²) in [6.07, 6.45) is 4.22. The van der Waals surface area contributed by atoms with E-state index >= 15 is 0 Å². The number of carbonyl (C=O) groups excluding carboxylic acids is 1. The van der Waals surface area contributed by atoms with Gasteiger partial charge >= 0.3 is 0 Å².